The molecular weight excluding hydrogens is 417 g/mol. The molecule has 0 aliphatic carbocycles. The van der Waals surface area contributed by atoms with Crippen LogP contribution in [0.1, 0.15) is 37.2 Å². The molecule has 2 aliphatic heterocycles. The summed E-state index contributed by atoms with van der Waals surface area (Å²) in [6.45, 7) is 1.58. The Morgan fingerprint density at radius 1 is 1.14 bits per heavy atom. The molecule has 1 fully saturated rings. The average molecular weight is 436 g/mol. The molecule has 29 heavy (non-hydrogen) atoms. The zero-order chi connectivity index (χ0) is 20.5. The Morgan fingerprint density at radius 2 is 1.90 bits per heavy atom. The number of benzene rings is 1. The number of aromatic nitrogens is 2. The van der Waals surface area contributed by atoms with Gasteiger partial charge in [0.15, 0.2) is 0 Å². The second-order valence-electron chi connectivity index (χ2n) is 7.12. The number of amides is 2. The Bertz CT molecular complexity index is 1030. The molecule has 0 saturated carbocycles. The normalized spacial score (nSPS) is 18.8. The Labute approximate surface area is 176 Å². The number of halogens is 2. The fraction of sp³-hybridized carbons (Fsp3) is 0.368. The van der Waals surface area contributed by atoms with E-state index in [1.165, 1.54) is 6.07 Å². The minimum Gasteiger partial charge on any atom is -0.342 e. The van der Waals surface area contributed by atoms with Gasteiger partial charge >= 0.3 is 0 Å². The van der Waals surface area contributed by atoms with Crippen LogP contribution in [0.25, 0.3) is 0 Å². The lowest BCUT2D eigenvalue weighted by Crippen LogP contribution is -2.38. The summed E-state index contributed by atoms with van der Waals surface area (Å²) in [5.41, 5.74) is 0.152. The molecule has 1 aromatic carbocycles. The van der Waals surface area contributed by atoms with Crippen molar-refractivity contribution in [2.75, 3.05) is 28.6 Å². The van der Waals surface area contributed by atoms with Gasteiger partial charge in [-0.25, -0.2) is 0 Å². The van der Waals surface area contributed by atoms with E-state index in [4.69, 9.17) is 23.2 Å². The van der Waals surface area contributed by atoms with E-state index in [1.807, 2.05) is 4.90 Å². The highest BCUT2D eigenvalue weighted by Crippen LogP contribution is 2.31. The lowest BCUT2D eigenvalue weighted by Gasteiger charge is -2.29. The number of carbonyl (C=O) groups excluding carboxylic acids is 2. The molecule has 0 bridgehead atoms. The van der Waals surface area contributed by atoms with Crippen LogP contribution in [-0.2, 0) is 9.59 Å². The van der Waals surface area contributed by atoms with Gasteiger partial charge < -0.3 is 15.5 Å². The van der Waals surface area contributed by atoms with Crippen molar-refractivity contribution in [2.24, 2.45) is 0 Å². The van der Waals surface area contributed by atoms with Crippen LogP contribution in [0.4, 0.5) is 17.5 Å². The number of rotatable bonds is 3. The molecule has 2 aliphatic rings. The summed E-state index contributed by atoms with van der Waals surface area (Å²) >= 11 is 11.9. The van der Waals surface area contributed by atoms with Crippen LogP contribution in [0.3, 0.4) is 0 Å². The second kappa shape index (κ2) is 8.04. The number of H-pyrrole nitrogens is 1. The zero-order valence-electron chi connectivity index (χ0n) is 15.4. The number of fused-ring (bicyclic) bond motifs is 1. The lowest BCUT2D eigenvalue weighted by atomic mass is 9.92. The second-order valence-corrected chi connectivity index (χ2v) is 7.94. The van der Waals surface area contributed by atoms with Crippen molar-refractivity contribution >= 4 is 52.5 Å². The summed E-state index contributed by atoms with van der Waals surface area (Å²) in [6.07, 6.45) is 3.02. The van der Waals surface area contributed by atoms with Crippen LogP contribution in [0, 0.1) is 0 Å². The van der Waals surface area contributed by atoms with Crippen molar-refractivity contribution in [1.82, 2.24) is 9.97 Å². The molecule has 10 heteroatoms. The van der Waals surface area contributed by atoms with Crippen LogP contribution in [0.5, 0.6) is 0 Å². The molecule has 2 aromatic rings. The minimum atomic E-state index is -0.958. The first-order chi connectivity index (χ1) is 13.9. The Balaban J connectivity index is 1.64. The van der Waals surface area contributed by atoms with Gasteiger partial charge in [-0.05, 0) is 37.5 Å². The summed E-state index contributed by atoms with van der Waals surface area (Å²) in [5, 5.41) is 5.97. The third kappa shape index (κ3) is 4.09. The quantitative estimate of drug-likeness (QED) is 0.686. The fourth-order valence-corrected chi connectivity index (χ4v) is 3.94. The highest BCUT2D eigenvalue weighted by Gasteiger charge is 2.35. The van der Waals surface area contributed by atoms with Crippen LogP contribution in [0.15, 0.2) is 23.0 Å². The van der Waals surface area contributed by atoms with Gasteiger partial charge in [0.05, 0.1) is 21.5 Å². The molecule has 0 spiro atoms. The van der Waals surface area contributed by atoms with E-state index in [0.29, 0.717) is 16.7 Å². The Hall–Kier alpha value is -2.58. The summed E-state index contributed by atoms with van der Waals surface area (Å²) in [7, 11) is 0. The zero-order valence-corrected chi connectivity index (χ0v) is 16.9. The number of hydrogen-bond donors (Lipinski definition) is 3. The van der Waals surface area contributed by atoms with Crippen LogP contribution >= 0.6 is 23.2 Å². The minimum absolute atomic E-state index is 0.139. The standard InChI is InChI=1S/C19H19Cl2N5O3/c20-12-5-4-10(8-13(12)21)22-17(28)11-9-14(27)23-16-15(11)18(29)25-19(24-16)26-6-2-1-3-7-26/h4-5,8,11H,1-3,6-7,9H2,(H,22,28)(H2,23,24,25,27,29). The van der Waals surface area contributed by atoms with Crippen molar-refractivity contribution in [2.45, 2.75) is 31.6 Å². The number of anilines is 3. The molecule has 1 saturated heterocycles. The van der Waals surface area contributed by atoms with Crippen LogP contribution in [-0.4, -0.2) is 34.9 Å². The van der Waals surface area contributed by atoms with Gasteiger partial charge in [0.1, 0.15) is 5.82 Å². The van der Waals surface area contributed by atoms with Gasteiger partial charge in [0, 0.05) is 25.2 Å². The molecule has 1 aromatic heterocycles. The van der Waals surface area contributed by atoms with E-state index < -0.39 is 17.4 Å². The largest absolute Gasteiger partial charge is 0.342 e. The number of aromatic amines is 1. The van der Waals surface area contributed by atoms with Gasteiger partial charge in [-0.3, -0.25) is 19.4 Å². The third-order valence-electron chi connectivity index (χ3n) is 5.10. The molecule has 3 heterocycles. The van der Waals surface area contributed by atoms with E-state index in [-0.39, 0.29) is 28.7 Å². The van der Waals surface area contributed by atoms with Gasteiger partial charge in [-0.2, -0.15) is 4.98 Å². The van der Waals surface area contributed by atoms with Crippen LogP contribution < -0.4 is 21.1 Å². The predicted molar refractivity (Wildman–Crippen MR) is 112 cm³/mol. The highest BCUT2D eigenvalue weighted by molar-refractivity contribution is 6.42. The van der Waals surface area contributed by atoms with E-state index in [2.05, 4.69) is 20.6 Å². The fourth-order valence-electron chi connectivity index (χ4n) is 3.64. The topological polar surface area (TPSA) is 107 Å². The summed E-state index contributed by atoms with van der Waals surface area (Å²) < 4.78 is 0. The molecule has 8 nitrogen and oxygen atoms in total. The lowest BCUT2D eigenvalue weighted by molar-refractivity contribution is -0.123. The number of nitrogens with zero attached hydrogens (tertiary/aromatic N) is 2. The molecule has 1 atom stereocenters. The van der Waals surface area contributed by atoms with E-state index in [9.17, 15) is 14.4 Å². The maximum atomic E-state index is 12.9. The maximum absolute atomic E-state index is 12.9. The first-order valence-electron chi connectivity index (χ1n) is 9.37. The molecule has 152 valence electrons. The van der Waals surface area contributed by atoms with Crippen LogP contribution in [0.2, 0.25) is 10.0 Å². The average Bonchev–Trinajstić information content (AvgIpc) is 2.70. The van der Waals surface area contributed by atoms with Gasteiger partial charge in [0.2, 0.25) is 17.8 Å². The van der Waals surface area contributed by atoms with Gasteiger partial charge in [-0.1, -0.05) is 23.2 Å². The van der Waals surface area contributed by atoms with Crippen molar-refractivity contribution in [1.29, 1.82) is 0 Å². The summed E-state index contributed by atoms with van der Waals surface area (Å²) in [4.78, 5) is 47.0. The number of nitrogens with one attached hydrogen (secondary N) is 3. The molecule has 3 N–H and O–H groups in total. The van der Waals surface area contributed by atoms with E-state index >= 15 is 0 Å². The third-order valence-corrected chi connectivity index (χ3v) is 5.84. The predicted octanol–water partition coefficient (Wildman–Crippen LogP) is 3.13. The molecule has 1 unspecified atom stereocenters. The Morgan fingerprint density at radius 3 is 2.62 bits per heavy atom. The first kappa shape index (κ1) is 19.7. The van der Waals surface area contributed by atoms with Gasteiger partial charge in [-0.15, -0.1) is 0 Å². The molecule has 4 rings (SSSR count). The number of piperidine rings is 1. The summed E-state index contributed by atoms with van der Waals surface area (Å²) in [5.74, 6) is -1.26. The smallest absolute Gasteiger partial charge is 0.258 e. The molecule has 0 radical (unpaired) electrons. The van der Waals surface area contributed by atoms with Crippen molar-refractivity contribution in [3.8, 4) is 0 Å². The summed E-state index contributed by atoms with van der Waals surface area (Å²) in [6, 6.07) is 4.66. The van der Waals surface area contributed by atoms with E-state index in [1.54, 1.807) is 12.1 Å². The van der Waals surface area contributed by atoms with E-state index in [0.717, 1.165) is 32.4 Å². The maximum Gasteiger partial charge on any atom is 0.258 e. The molecular formula is C19H19Cl2N5O3. The van der Waals surface area contributed by atoms with Crippen molar-refractivity contribution in [3.05, 3.63) is 44.2 Å². The number of carbonyl (C=O) groups is 2. The highest BCUT2D eigenvalue weighted by atomic mass is 35.5. The number of hydrogen-bond acceptors (Lipinski definition) is 5. The van der Waals surface area contributed by atoms with Crippen molar-refractivity contribution in [3.63, 3.8) is 0 Å². The first-order valence-corrected chi connectivity index (χ1v) is 10.1. The molecule has 2 amide bonds. The Kier molecular flexibility index (Phi) is 5.47. The monoisotopic (exact) mass is 435 g/mol. The van der Waals surface area contributed by atoms with Crippen molar-refractivity contribution < 1.29 is 9.59 Å². The van der Waals surface area contributed by atoms with Gasteiger partial charge in [0.25, 0.3) is 5.56 Å². The SMILES string of the molecule is O=C1CC(C(=O)Nc2ccc(Cl)c(Cl)c2)c2c(nc(N3CCCCC3)[nH]c2=O)N1.